The van der Waals surface area contributed by atoms with E-state index in [9.17, 15) is 0 Å². The summed E-state index contributed by atoms with van der Waals surface area (Å²) in [6, 6.07) is 12.1. The number of hydrogen-bond acceptors (Lipinski definition) is 2. The van der Waals surface area contributed by atoms with E-state index in [1.165, 1.54) is 0 Å². The standard InChI is InChI=1S/C16H16ClN3/c1-2-6-15-19-13-8-3-4-9-14(13)20(15)11-12-7-5-10-18-16(12)17/h3-5,7-10H,2,6,11H2,1H3. The summed E-state index contributed by atoms with van der Waals surface area (Å²) < 4.78 is 2.24. The number of rotatable bonds is 4. The van der Waals surface area contributed by atoms with Gasteiger partial charge < -0.3 is 4.57 Å². The van der Waals surface area contributed by atoms with Gasteiger partial charge in [0.2, 0.25) is 0 Å². The van der Waals surface area contributed by atoms with E-state index >= 15 is 0 Å². The van der Waals surface area contributed by atoms with Crippen molar-refractivity contribution in [3.63, 3.8) is 0 Å². The van der Waals surface area contributed by atoms with Crippen LogP contribution in [-0.4, -0.2) is 14.5 Å². The molecule has 3 aromatic rings. The minimum atomic E-state index is 0.563. The van der Waals surface area contributed by atoms with Gasteiger partial charge in [0.05, 0.1) is 17.6 Å². The third-order valence-electron chi connectivity index (χ3n) is 3.37. The molecule has 0 spiro atoms. The van der Waals surface area contributed by atoms with Crippen molar-refractivity contribution in [2.75, 3.05) is 0 Å². The van der Waals surface area contributed by atoms with Crippen LogP contribution >= 0.6 is 11.6 Å². The monoisotopic (exact) mass is 285 g/mol. The minimum absolute atomic E-state index is 0.563. The molecule has 0 aliphatic carbocycles. The molecule has 0 N–H and O–H groups in total. The molecule has 2 heterocycles. The molecule has 0 unspecified atom stereocenters. The van der Waals surface area contributed by atoms with E-state index in [0.29, 0.717) is 11.7 Å². The zero-order valence-corrected chi connectivity index (χ0v) is 12.1. The number of para-hydroxylation sites is 2. The zero-order valence-electron chi connectivity index (χ0n) is 11.4. The van der Waals surface area contributed by atoms with Gasteiger partial charge in [0.1, 0.15) is 11.0 Å². The fourth-order valence-corrected chi connectivity index (χ4v) is 2.60. The van der Waals surface area contributed by atoms with Gasteiger partial charge in [-0.15, -0.1) is 0 Å². The maximum atomic E-state index is 6.18. The summed E-state index contributed by atoms with van der Waals surface area (Å²) in [6.45, 7) is 2.88. The summed E-state index contributed by atoms with van der Waals surface area (Å²) >= 11 is 6.18. The lowest BCUT2D eigenvalue weighted by atomic mass is 10.2. The number of nitrogens with zero attached hydrogens (tertiary/aromatic N) is 3. The van der Waals surface area contributed by atoms with Crippen LogP contribution in [0.15, 0.2) is 42.6 Å². The molecule has 0 atom stereocenters. The normalized spacial score (nSPS) is 11.1. The first-order chi connectivity index (χ1) is 9.79. The minimum Gasteiger partial charge on any atom is -0.323 e. The maximum absolute atomic E-state index is 6.18. The first kappa shape index (κ1) is 13.1. The van der Waals surface area contributed by atoms with E-state index < -0.39 is 0 Å². The summed E-state index contributed by atoms with van der Waals surface area (Å²) in [6.07, 6.45) is 3.75. The first-order valence-electron chi connectivity index (χ1n) is 6.83. The van der Waals surface area contributed by atoms with Gasteiger partial charge in [-0.05, 0) is 24.6 Å². The second-order valence-electron chi connectivity index (χ2n) is 4.81. The molecule has 0 amide bonds. The Morgan fingerprint density at radius 1 is 1.15 bits per heavy atom. The average molecular weight is 286 g/mol. The van der Waals surface area contributed by atoms with Crippen LogP contribution in [0.25, 0.3) is 11.0 Å². The topological polar surface area (TPSA) is 30.7 Å². The molecule has 1 aromatic carbocycles. The Labute approximate surface area is 123 Å². The largest absolute Gasteiger partial charge is 0.323 e. The molecule has 4 heteroatoms. The van der Waals surface area contributed by atoms with Gasteiger partial charge in [-0.25, -0.2) is 9.97 Å². The molecule has 20 heavy (non-hydrogen) atoms. The van der Waals surface area contributed by atoms with E-state index in [-0.39, 0.29) is 0 Å². The van der Waals surface area contributed by atoms with Crippen molar-refractivity contribution in [3.8, 4) is 0 Å². The number of pyridine rings is 1. The van der Waals surface area contributed by atoms with E-state index in [0.717, 1.165) is 35.3 Å². The first-order valence-corrected chi connectivity index (χ1v) is 7.21. The van der Waals surface area contributed by atoms with Crippen molar-refractivity contribution in [2.45, 2.75) is 26.3 Å². The number of benzene rings is 1. The molecule has 0 saturated carbocycles. The van der Waals surface area contributed by atoms with Crippen LogP contribution in [0.4, 0.5) is 0 Å². The number of fused-ring (bicyclic) bond motifs is 1. The van der Waals surface area contributed by atoms with Gasteiger partial charge >= 0.3 is 0 Å². The van der Waals surface area contributed by atoms with Crippen LogP contribution in [0.2, 0.25) is 5.15 Å². The van der Waals surface area contributed by atoms with Crippen LogP contribution in [0.5, 0.6) is 0 Å². The van der Waals surface area contributed by atoms with Crippen molar-refractivity contribution in [1.29, 1.82) is 0 Å². The summed E-state index contributed by atoms with van der Waals surface area (Å²) in [4.78, 5) is 8.87. The predicted octanol–water partition coefficient (Wildman–Crippen LogP) is 4.09. The van der Waals surface area contributed by atoms with Gasteiger partial charge in [-0.3, -0.25) is 0 Å². The van der Waals surface area contributed by atoms with E-state index in [1.54, 1.807) is 6.20 Å². The maximum Gasteiger partial charge on any atom is 0.133 e. The van der Waals surface area contributed by atoms with Gasteiger partial charge in [0, 0.05) is 18.2 Å². The summed E-state index contributed by atoms with van der Waals surface area (Å²) in [5, 5.41) is 0.563. The van der Waals surface area contributed by atoms with Crippen molar-refractivity contribution in [2.24, 2.45) is 0 Å². The van der Waals surface area contributed by atoms with Gasteiger partial charge in [-0.1, -0.05) is 36.7 Å². The van der Waals surface area contributed by atoms with Crippen molar-refractivity contribution >= 4 is 22.6 Å². The summed E-state index contributed by atoms with van der Waals surface area (Å²) in [7, 11) is 0. The molecule has 102 valence electrons. The third kappa shape index (κ3) is 2.41. The number of halogens is 1. The fourth-order valence-electron chi connectivity index (χ4n) is 2.42. The van der Waals surface area contributed by atoms with E-state index in [4.69, 9.17) is 16.6 Å². The molecular weight excluding hydrogens is 270 g/mol. The van der Waals surface area contributed by atoms with Gasteiger partial charge in [0.15, 0.2) is 0 Å². The van der Waals surface area contributed by atoms with Crippen LogP contribution in [-0.2, 0) is 13.0 Å². The summed E-state index contributed by atoms with van der Waals surface area (Å²) in [5.41, 5.74) is 3.21. The van der Waals surface area contributed by atoms with Crippen LogP contribution in [0, 0.1) is 0 Å². The smallest absolute Gasteiger partial charge is 0.133 e. The summed E-state index contributed by atoms with van der Waals surface area (Å²) in [5.74, 6) is 1.11. The highest BCUT2D eigenvalue weighted by Crippen LogP contribution is 2.21. The number of hydrogen-bond donors (Lipinski definition) is 0. The molecule has 0 bridgehead atoms. The fraction of sp³-hybridized carbons (Fsp3) is 0.250. The molecular formula is C16H16ClN3. The second kappa shape index (κ2) is 5.63. The van der Waals surface area contributed by atoms with Crippen LogP contribution in [0.3, 0.4) is 0 Å². The molecule has 3 nitrogen and oxygen atoms in total. The highest BCUT2D eigenvalue weighted by atomic mass is 35.5. The molecule has 2 aromatic heterocycles. The Morgan fingerprint density at radius 3 is 2.80 bits per heavy atom. The molecule has 0 saturated heterocycles. The number of aryl methyl sites for hydroxylation is 1. The Hall–Kier alpha value is -1.87. The SMILES string of the molecule is CCCc1nc2ccccc2n1Cc1cccnc1Cl. The lowest BCUT2D eigenvalue weighted by Gasteiger charge is -2.09. The predicted molar refractivity (Wildman–Crippen MR) is 82.1 cm³/mol. The molecule has 0 radical (unpaired) electrons. The molecule has 0 aliphatic rings. The molecule has 0 aliphatic heterocycles. The van der Waals surface area contributed by atoms with Crippen molar-refractivity contribution in [1.82, 2.24) is 14.5 Å². The third-order valence-corrected chi connectivity index (χ3v) is 3.71. The second-order valence-corrected chi connectivity index (χ2v) is 5.16. The number of imidazole rings is 1. The molecule has 3 rings (SSSR count). The highest BCUT2D eigenvalue weighted by molar-refractivity contribution is 6.30. The Morgan fingerprint density at radius 2 is 2.00 bits per heavy atom. The van der Waals surface area contributed by atoms with E-state index in [1.807, 2.05) is 24.3 Å². The lowest BCUT2D eigenvalue weighted by molar-refractivity contribution is 0.720. The Balaban J connectivity index is 2.09. The van der Waals surface area contributed by atoms with Crippen molar-refractivity contribution < 1.29 is 0 Å². The van der Waals surface area contributed by atoms with Gasteiger partial charge in [-0.2, -0.15) is 0 Å². The van der Waals surface area contributed by atoms with Crippen LogP contribution in [0.1, 0.15) is 24.7 Å². The Bertz CT molecular complexity index is 733. The average Bonchev–Trinajstić information content (AvgIpc) is 2.80. The quantitative estimate of drug-likeness (QED) is 0.676. The molecule has 0 fully saturated rings. The highest BCUT2D eigenvalue weighted by Gasteiger charge is 2.11. The lowest BCUT2D eigenvalue weighted by Crippen LogP contribution is -2.06. The Kier molecular flexibility index (Phi) is 3.70. The van der Waals surface area contributed by atoms with Crippen molar-refractivity contribution in [3.05, 3.63) is 59.1 Å². The zero-order chi connectivity index (χ0) is 13.9. The van der Waals surface area contributed by atoms with Crippen LogP contribution < -0.4 is 0 Å². The van der Waals surface area contributed by atoms with Gasteiger partial charge in [0.25, 0.3) is 0 Å². The van der Waals surface area contributed by atoms with E-state index in [2.05, 4.69) is 28.6 Å². The number of aromatic nitrogens is 3.